The van der Waals surface area contributed by atoms with Crippen LogP contribution in [0.1, 0.15) is 36.1 Å². The molecule has 0 bridgehead atoms. The van der Waals surface area contributed by atoms with Crippen LogP contribution >= 0.6 is 11.8 Å². The topological polar surface area (TPSA) is 59.6 Å². The van der Waals surface area contributed by atoms with Crippen LogP contribution in [0.5, 0.6) is 11.5 Å². The lowest BCUT2D eigenvalue weighted by molar-refractivity contribution is -0.116. The van der Waals surface area contributed by atoms with Crippen molar-refractivity contribution in [2.45, 2.75) is 38.8 Å². The van der Waals surface area contributed by atoms with Crippen molar-refractivity contribution < 1.29 is 14.3 Å². The summed E-state index contributed by atoms with van der Waals surface area (Å²) in [5.74, 6) is 1.26. The largest absolute Gasteiger partial charge is 0.490 e. The van der Waals surface area contributed by atoms with Crippen molar-refractivity contribution in [2.75, 3.05) is 11.9 Å². The molecular formula is C34H34N2O3S. The van der Waals surface area contributed by atoms with Gasteiger partial charge in [-0.2, -0.15) is 0 Å². The Hall–Kier alpha value is -4.16. The first-order valence-electron chi connectivity index (χ1n) is 13.6. The number of hydrogen-bond acceptors (Lipinski definition) is 5. The Morgan fingerprint density at radius 3 is 2.55 bits per heavy atom. The average Bonchev–Trinajstić information content (AvgIpc) is 3.31. The predicted octanol–water partition coefficient (Wildman–Crippen LogP) is 7.71. The second-order valence-corrected chi connectivity index (χ2v) is 10.7. The van der Waals surface area contributed by atoms with Crippen LogP contribution in [0, 0.1) is 0 Å². The third-order valence-corrected chi connectivity index (χ3v) is 7.79. The van der Waals surface area contributed by atoms with Crippen LogP contribution in [-0.4, -0.2) is 18.0 Å². The quantitative estimate of drug-likeness (QED) is 0.148. The number of anilines is 1. The fourth-order valence-corrected chi connectivity index (χ4v) is 5.76. The number of ether oxygens (including phenoxy) is 2. The number of benzene rings is 4. The summed E-state index contributed by atoms with van der Waals surface area (Å²) in [6.07, 6.45) is 5.37. The normalized spacial score (nSPS) is 15.7. The molecular weight excluding hydrogens is 516 g/mol. The molecule has 0 aliphatic carbocycles. The van der Waals surface area contributed by atoms with Crippen molar-refractivity contribution in [3.63, 3.8) is 0 Å². The number of allylic oxidation sites excluding steroid dienone is 1. The van der Waals surface area contributed by atoms with Crippen molar-refractivity contribution >= 4 is 40.2 Å². The van der Waals surface area contributed by atoms with Gasteiger partial charge in [-0.3, -0.25) is 4.79 Å². The van der Waals surface area contributed by atoms with E-state index >= 15 is 0 Å². The molecule has 0 unspecified atom stereocenters. The summed E-state index contributed by atoms with van der Waals surface area (Å²) in [5, 5.41) is 8.76. The second kappa shape index (κ2) is 12.8. The zero-order valence-electron chi connectivity index (χ0n) is 22.9. The van der Waals surface area contributed by atoms with Crippen LogP contribution < -0.4 is 20.1 Å². The molecule has 1 heterocycles. The maximum Gasteiger partial charge on any atom is 0.260 e. The number of amides is 1. The van der Waals surface area contributed by atoms with Gasteiger partial charge in [0, 0.05) is 11.3 Å². The highest BCUT2D eigenvalue weighted by Crippen LogP contribution is 2.37. The standard InChI is InChI=1S/C34H34N2O3S/c1-4-10-26-19-24(21-31-33(37)36-34(40-31)35-28-17-15-23(5-2)16-18-28)20-30(38-6-3)32(26)39-22-27-13-9-12-25-11-7-8-14-29(25)27/h4,7-9,11-21,34-35H,1,5-6,10,22H2,2-3H3,(H,36,37)/b31-21-/t34-/m1/s1. The third kappa shape index (κ3) is 6.35. The van der Waals surface area contributed by atoms with Crippen LogP contribution in [0.2, 0.25) is 0 Å². The van der Waals surface area contributed by atoms with E-state index in [-0.39, 0.29) is 11.4 Å². The summed E-state index contributed by atoms with van der Waals surface area (Å²) in [4.78, 5) is 13.5. The molecule has 0 saturated carbocycles. The van der Waals surface area contributed by atoms with Gasteiger partial charge >= 0.3 is 0 Å². The highest BCUT2D eigenvalue weighted by Gasteiger charge is 2.27. The van der Waals surface area contributed by atoms with Crippen LogP contribution in [0.15, 0.2) is 96.4 Å². The van der Waals surface area contributed by atoms with E-state index in [9.17, 15) is 4.79 Å². The van der Waals surface area contributed by atoms with Crippen LogP contribution in [0.3, 0.4) is 0 Å². The zero-order valence-corrected chi connectivity index (χ0v) is 23.7. The minimum absolute atomic E-state index is 0.104. The highest BCUT2D eigenvalue weighted by molar-refractivity contribution is 8.05. The first kappa shape index (κ1) is 27.4. The molecule has 1 aliphatic heterocycles. The molecule has 1 fully saturated rings. The highest BCUT2D eigenvalue weighted by atomic mass is 32.2. The van der Waals surface area contributed by atoms with Gasteiger partial charge in [-0.1, -0.05) is 79.4 Å². The van der Waals surface area contributed by atoms with E-state index in [1.165, 1.54) is 28.1 Å². The number of aryl methyl sites for hydroxylation is 1. The molecule has 1 atom stereocenters. The van der Waals surface area contributed by atoms with E-state index in [1.807, 2.05) is 55.5 Å². The monoisotopic (exact) mass is 550 g/mol. The van der Waals surface area contributed by atoms with Gasteiger partial charge in [-0.15, -0.1) is 6.58 Å². The van der Waals surface area contributed by atoms with E-state index in [4.69, 9.17) is 9.47 Å². The Kier molecular flexibility index (Phi) is 8.77. The van der Waals surface area contributed by atoms with E-state index in [2.05, 4.69) is 66.6 Å². The molecule has 1 aliphatic rings. The molecule has 5 nitrogen and oxygen atoms in total. The summed E-state index contributed by atoms with van der Waals surface area (Å²) < 4.78 is 12.5. The summed E-state index contributed by atoms with van der Waals surface area (Å²) >= 11 is 1.47. The molecule has 1 amide bonds. The first-order valence-corrected chi connectivity index (χ1v) is 14.5. The number of nitrogens with one attached hydrogen (secondary N) is 2. The maximum atomic E-state index is 12.8. The molecule has 0 aromatic heterocycles. The van der Waals surface area contributed by atoms with Crippen molar-refractivity contribution in [3.8, 4) is 11.5 Å². The van der Waals surface area contributed by atoms with Crippen molar-refractivity contribution in [1.29, 1.82) is 0 Å². The second-order valence-electron chi connectivity index (χ2n) is 9.53. The zero-order chi connectivity index (χ0) is 27.9. The summed E-state index contributed by atoms with van der Waals surface area (Å²) in [6, 6.07) is 26.8. The lowest BCUT2D eigenvalue weighted by Gasteiger charge is -2.17. The van der Waals surface area contributed by atoms with Crippen molar-refractivity contribution in [1.82, 2.24) is 5.32 Å². The fraction of sp³-hybridized carbons (Fsp3) is 0.206. The van der Waals surface area contributed by atoms with Gasteiger partial charge < -0.3 is 20.1 Å². The number of fused-ring (bicyclic) bond motifs is 1. The van der Waals surface area contributed by atoms with Crippen molar-refractivity contribution in [2.24, 2.45) is 0 Å². The number of thioether (sulfide) groups is 1. The molecule has 2 N–H and O–H groups in total. The molecule has 40 heavy (non-hydrogen) atoms. The SMILES string of the molecule is C=CCc1cc(/C=C2\S[C@H](Nc3ccc(CC)cc3)NC2=O)cc(OCC)c1OCc1cccc2ccccc12. The maximum absolute atomic E-state index is 12.8. The van der Waals surface area contributed by atoms with Crippen LogP contribution in [-0.2, 0) is 24.2 Å². The Morgan fingerprint density at radius 2 is 1.77 bits per heavy atom. The number of hydrogen-bond donors (Lipinski definition) is 2. The molecule has 4 aromatic carbocycles. The summed E-state index contributed by atoms with van der Waals surface area (Å²) in [7, 11) is 0. The molecule has 204 valence electrons. The van der Waals surface area contributed by atoms with Crippen molar-refractivity contribution in [3.05, 3.63) is 119 Å². The number of carbonyl (C=O) groups excluding carboxylic acids is 1. The van der Waals surface area contributed by atoms with Gasteiger partial charge in [-0.05, 0) is 77.6 Å². The molecule has 1 saturated heterocycles. The van der Waals surface area contributed by atoms with E-state index in [0.717, 1.165) is 28.8 Å². The third-order valence-electron chi connectivity index (χ3n) is 6.76. The van der Waals surface area contributed by atoms with E-state index in [0.29, 0.717) is 36.0 Å². The molecule has 5 rings (SSSR count). The van der Waals surface area contributed by atoms with Gasteiger partial charge in [0.05, 0.1) is 11.5 Å². The first-order chi connectivity index (χ1) is 19.6. The lowest BCUT2D eigenvalue weighted by atomic mass is 10.0. The molecule has 4 aromatic rings. The minimum atomic E-state index is -0.242. The average molecular weight is 551 g/mol. The summed E-state index contributed by atoms with van der Waals surface area (Å²) in [6.45, 7) is 8.95. The lowest BCUT2D eigenvalue weighted by Crippen LogP contribution is -2.30. The molecule has 0 radical (unpaired) electrons. The fourth-order valence-electron chi connectivity index (χ4n) is 4.77. The van der Waals surface area contributed by atoms with E-state index < -0.39 is 0 Å². The van der Waals surface area contributed by atoms with Gasteiger partial charge in [-0.25, -0.2) is 0 Å². The summed E-state index contributed by atoms with van der Waals surface area (Å²) in [5.41, 5.74) is 4.95. The minimum Gasteiger partial charge on any atom is -0.490 e. The van der Waals surface area contributed by atoms with Gasteiger partial charge in [0.2, 0.25) is 0 Å². The Balaban J connectivity index is 1.38. The Bertz CT molecular complexity index is 1540. The van der Waals surface area contributed by atoms with Gasteiger partial charge in [0.25, 0.3) is 5.91 Å². The molecule has 0 spiro atoms. The Morgan fingerprint density at radius 1 is 0.975 bits per heavy atom. The van der Waals surface area contributed by atoms with E-state index in [1.54, 1.807) is 0 Å². The smallest absolute Gasteiger partial charge is 0.260 e. The Labute approximate surface area is 240 Å². The number of carbonyl (C=O) groups is 1. The van der Waals surface area contributed by atoms with Crippen LogP contribution in [0.4, 0.5) is 5.69 Å². The predicted molar refractivity (Wildman–Crippen MR) is 167 cm³/mol. The number of rotatable bonds is 11. The van der Waals surface area contributed by atoms with Gasteiger partial charge in [0.1, 0.15) is 6.61 Å². The van der Waals surface area contributed by atoms with Gasteiger partial charge in [0.15, 0.2) is 17.0 Å². The van der Waals surface area contributed by atoms with Crippen LogP contribution in [0.25, 0.3) is 16.8 Å². The molecule has 6 heteroatoms.